The predicted octanol–water partition coefficient (Wildman–Crippen LogP) is 2.01. The number of anilines is 1. The van der Waals surface area contributed by atoms with E-state index in [0.717, 1.165) is 12.1 Å². The molecule has 1 rings (SSSR count). The Morgan fingerprint density at radius 2 is 1.94 bits per heavy atom. The Balaban J connectivity index is 2.87. The van der Waals surface area contributed by atoms with Gasteiger partial charge >= 0.3 is 5.97 Å². The molecular weight excluding hydrogens is 223 g/mol. The number of nitrogens with zero attached hydrogens (tertiary/aromatic N) is 1. The van der Waals surface area contributed by atoms with Crippen molar-refractivity contribution in [3.05, 3.63) is 29.6 Å². The maximum absolute atomic E-state index is 13.2. The second-order valence-electron chi connectivity index (χ2n) is 3.26. The fourth-order valence-corrected chi connectivity index (χ4v) is 1.19. The molecule has 0 radical (unpaired) electrons. The van der Waals surface area contributed by atoms with Gasteiger partial charge in [0, 0.05) is 13.6 Å². The minimum absolute atomic E-state index is 0.0112. The number of hydrogen-bond acceptors (Lipinski definition) is 2. The highest BCUT2D eigenvalue weighted by Gasteiger charge is 2.16. The summed E-state index contributed by atoms with van der Waals surface area (Å²) >= 11 is 0. The highest BCUT2D eigenvalue weighted by Crippen LogP contribution is 2.22. The van der Waals surface area contributed by atoms with Gasteiger partial charge in [-0.3, -0.25) is 4.79 Å². The second-order valence-corrected chi connectivity index (χ2v) is 3.26. The van der Waals surface area contributed by atoms with E-state index in [1.54, 1.807) is 0 Å². The van der Waals surface area contributed by atoms with Crippen LogP contribution in [-0.2, 0) is 4.79 Å². The molecule has 0 amide bonds. The van der Waals surface area contributed by atoms with Crippen molar-refractivity contribution in [3.63, 3.8) is 0 Å². The first-order valence-electron chi connectivity index (χ1n) is 4.50. The van der Waals surface area contributed by atoms with Crippen LogP contribution >= 0.6 is 0 Å². The van der Waals surface area contributed by atoms with Crippen LogP contribution in [0.3, 0.4) is 0 Å². The molecule has 0 unspecified atom stereocenters. The quantitative estimate of drug-likeness (QED) is 0.809. The summed E-state index contributed by atoms with van der Waals surface area (Å²) in [6, 6.07) is 1.86. The second kappa shape index (κ2) is 4.87. The zero-order valence-corrected chi connectivity index (χ0v) is 8.51. The van der Waals surface area contributed by atoms with Crippen LogP contribution in [0, 0.1) is 17.5 Å². The SMILES string of the molecule is CN(CCC(=O)O)c1ccc(F)c(F)c1F. The van der Waals surface area contributed by atoms with E-state index in [2.05, 4.69) is 0 Å². The lowest BCUT2D eigenvalue weighted by atomic mass is 10.2. The molecule has 0 aromatic heterocycles. The summed E-state index contributed by atoms with van der Waals surface area (Å²) in [6.45, 7) is 0.0112. The van der Waals surface area contributed by atoms with Gasteiger partial charge < -0.3 is 10.0 Å². The molecule has 1 N–H and O–H groups in total. The molecule has 6 heteroatoms. The van der Waals surface area contributed by atoms with Crippen LogP contribution in [0.15, 0.2) is 12.1 Å². The Morgan fingerprint density at radius 1 is 1.31 bits per heavy atom. The van der Waals surface area contributed by atoms with Gasteiger partial charge in [0.1, 0.15) is 0 Å². The lowest BCUT2D eigenvalue weighted by Crippen LogP contribution is -2.22. The van der Waals surface area contributed by atoms with E-state index in [0.29, 0.717) is 0 Å². The molecule has 0 aliphatic rings. The lowest BCUT2D eigenvalue weighted by Gasteiger charge is -2.19. The number of halogens is 3. The molecule has 0 fully saturated rings. The maximum Gasteiger partial charge on any atom is 0.305 e. The number of carbonyl (C=O) groups is 1. The van der Waals surface area contributed by atoms with Crippen LogP contribution in [0.1, 0.15) is 6.42 Å². The molecule has 1 aromatic rings. The average Bonchev–Trinajstić information content (AvgIpc) is 2.23. The van der Waals surface area contributed by atoms with Crippen molar-refractivity contribution in [2.24, 2.45) is 0 Å². The van der Waals surface area contributed by atoms with E-state index in [1.807, 2.05) is 0 Å². The molecule has 16 heavy (non-hydrogen) atoms. The monoisotopic (exact) mass is 233 g/mol. The maximum atomic E-state index is 13.2. The summed E-state index contributed by atoms with van der Waals surface area (Å²) in [5.74, 6) is -5.18. The third kappa shape index (κ3) is 2.65. The molecule has 0 spiro atoms. The number of carboxylic acid groups (broad SMARTS) is 1. The van der Waals surface area contributed by atoms with Crippen LogP contribution < -0.4 is 4.90 Å². The van der Waals surface area contributed by atoms with E-state index in [9.17, 15) is 18.0 Å². The smallest absolute Gasteiger partial charge is 0.305 e. The van der Waals surface area contributed by atoms with Crippen molar-refractivity contribution in [3.8, 4) is 0 Å². The van der Waals surface area contributed by atoms with E-state index < -0.39 is 23.4 Å². The summed E-state index contributed by atoms with van der Waals surface area (Å²) in [7, 11) is 1.40. The molecule has 0 saturated heterocycles. The minimum Gasteiger partial charge on any atom is -0.481 e. The molecule has 3 nitrogen and oxygen atoms in total. The number of rotatable bonds is 4. The first kappa shape index (κ1) is 12.4. The summed E-state index contributed by atoms with van der Waals surface area (Å²) in [4.78, 5) is 11.5. The Kier molecular flexibility index (Phi) is 3.76. The molecular formula is C10H10F3NO2. The van der Waals surface area contributed by atoms with Gasteiger partial charge in [-0.05, 0) is 12.1 Å². The lowest BCUT2D eigenvalue weighted by molar-refractivity contribution is -0.136. The molecule has 0 saturated carbocycles. The van der Waals surface area contributed by atoms with Crippen molar-refractivity contribution in [1.82, 2.24) is 0 Å². The summed E-state index contributed by atoms with van der Waals surface area (Å²) in [5.41, 5.74) is -0.167. The van der Waals surface area contributed by atoms with Gasteiger partial charge in [0.2, 0.25) is 0 Å². The van der Waals surface area contributed by atoms with Crippen molar-refractivity contribution in [2.45, 2.75) is 6.42 Å². The highest BCUT2D eigenvalue weighted by molar-refractivity contribution is 5.67. The van der Waals surface area contributed by atoms with Gasteiger partial charge in [0.25, 0.3) is 0 Å². The van der Waals surface area contributed by atoms with Gasteiger partial charge in [-0.1, -0.05) is 0 Å². The largest absolute Gasteiger partial charge is 0.481 e. The van der Waals surface area contributed by atoms with Crippen molar-refractivity contribution < 1.29 is 23.1 Å². The Labute approximate surface area is 90.1 Å². The van der Waals surface area contributed by atoms with E-state index in [-0.39, 0.29) is 18.7 Å². The molecule has 1 aromatic carbocycles. The Hall–Kier alpha value is -1.72. The van der Waals surface area contributed by atoms with E-state index in [1.165, 1.54) is 11.9 Å². The van der Waals surface area contributed by atoms with Crippen molar-refractivity contribution in [1.29, 1.82) is 0 Å². The standard InChI is InChI=1S/C10H10F3NO2/c1-14(5-4-8(15)16)7-3-2-6(11)9(12)10(7)13/h2-3H,4-5H2,1H3,(H,15,16). The Bertz CT molecular complexity index is 409. The minimum atomic E-state index is -1.56. The Morgan fingerprint density at radius 3 is 2.50 bits per heavy atom. The number of aliphatic carboxylic acids is 1. The van der Waals surface area contributed by atoms with Gasteiger partial charge in [-0.2, -0.15) is 0 Å². The average molecular weight is 233 g/mol. The fourth-order valence-electron chi connectivity index (χ4n) is 1.19. The molecule has 0 aliphatic carbocycles. The van der Waals surface area contributed by atoms with E-state index in [4.69, 9.17) is 5.11 Å². The summed E-state index contributed by atoms with van der Waals surface area (Å²) in [5, 5.41) is 8.42. The van der Waals surface area contributed by atoms with Crippen LogP contribution in [0.2, 0.25) is 0 Å². The van der Waals surface area contributed by atoms with Gasteiger partial charge in [-0.25, -0.2) is 13.2 Å². The zero-order chi connectivity index (χ0) is 12.3. The normalized spacial score (nSPS) is 10.2. The zero-order valence-electron chi connectivity index (χ0n) is 8.51. The number of hydrogen-bond donors (Lipinski definition) is 1. The van der Waals surface area contributed by atoms with Gasteiger partial charge in [0.05, 0.1) is 12.1 Å². The molecule has 0 heterocycles. The van der Waals surface area contributed by atoms with Crippen LogP contribution in [-0.4, -0.2) is 24.7 Å². The summed E-state index contributed by atoms with van der Waals surface area (Å²) < 4.78 is 38.7. The van der Waals surface area contributed by atoms with Gasteiger partial charge in [-0.15, -0.1) is 0 Å². The first-order valence-corrected chi connectivity index (χ1v) is 4.50. The highest BCUT2D eigenvalue weighted by atomic mass is 19.2. The van der Waals surface area contributed by atoms with Gasteiger partial charge in [0.15, 0.2) is 17.5 Å². The van der Waals surface area contributed by atoms with Crippen molar-refractivity contribution in [2.75, 3.05) is 18.5 Å². The number of carboxylic acids is 1. The molecule has 0 bridgehead atoms. The topological polar surface area (TPSA) is 40.5 Å². The molecule has 0 aliphatic heterocycles. The molecule has 88 valence electrons. The number of benzene rings is 1. The molecule has 0 atom stereocenters. The van der Waals surface area contributed by atoms with Crippen LogP contribution in [0.25, 0.3) is 0 Å². The first-order chi connectivity index (χ1) is 7.43. The van der Waals surface area contributed by atoms with Crippen LogP contribution in [0.5, 0.6) is 0 Å². The third-order valence-corrected chi connectivity index (χ3v) is 2.09. The third-order valence-electron chi connectivity index (χ3n) is 2.09. The fraction of sp³-hybridized carbons (Fsp3) is 0.300. The van der Waals surface area contributed by atoms with Crippen LogP contribution in [0.4, 0.5) is 18.9 Å². The predicted molar refractivity (Wildman–Crippen MR) is 51.8 cm³/mol. The summed E-state index contributed by atoms with van der Waals surface area (Å²) in [6.07, 6.45) is -0.213. The van der Waals surface area contributed by atoms with E-state index >= 15 is 0 Å². The van der Waals surface area contributed by atoms with Crippen molar-refractivity contribution >= 4 is 11.7 Å².